The van der Waals surface area contributed by atoms with Crippen LogP contribution in [0.2, 0.25) is 0 Å². The van der Waals surface area contributed by atoms with Gasteiger partial charge in [0.1, 0.15) is 28.9 Å². The molecule has 6 N–H and O–H groups in total. The fraction of sp³-hybridized carbons (Fsp3) is 0.481. The number of carbonyl (C=O) groups is 4. The van der Waals surface area contributed by atoms with Gasteiger partial charge < -0.3 is 30.9 Å². The molecule has 0 aromatic heterocycles. The maximum atomic E-state index is 13.8. The number of ketones is 2. The van der Waals surface area contributed by atoms with E-state index < -0.39 is 87.5 Å². The Hall–Kier alpha value is -3.70. The zero-order valence-electron chi connectivity index (χ0n) is 21.2. The molecule has 0 unspecified atom stereocenters. The number of esters is 1. The summed E-state index contributed by atoms with van der Waals surface area (Å²) in [6.45, 7) is 1.72. The predicted octanol–water partition coefficient (Wildman–Crippen LogP) is 1.00. The highest BCUT2D eigenvalue weighted by atomic mass is 16.5. The summed E-state index contributed by atoms with van der Waals surface area (Å²) in [6.07, 6.45) is 0.648. The van der Waals surface area contributed by atoms with E-state index in [0.717, 1.165) is 6.42 Å². The van der Waals surface area contributed by atoms with Crippen LogP contribution in [0.15, 0.2) is 40.9 Å². The minimum atomic E-state index is -2.93. The molecule has 0 saturated heterocycles. The standard InChI is InChI=1S/C27H30N2O9/c1-10-12-8-5-9-13(30)15(12)20(31)16-14(10)22(38-26(36)11-6-4-7-11)18-19(29(2)3)21(32)17(25(28)35)24(34)27(18,37)23(16)33/h5,8-11,14,18-19,22,30,32-33,37H,4,6-7H2,1-3H3,(H2,28,35)/t10-,14-,18-,19+,22+,27+/m1/s1. The molecule has 1 aromatic rings. The van der Waals surface area contributed by atoms with Gasteiger partial charge in [0.2, 0.25) is 5.78 Å². The lowest BCUT2D eigenvalue weighted by molar-refractivity contribution is -0.185. The summed E-state index contributed by atoms with van der Waals surface area (Å²) in [6, 6.07) is 3.20. The van der Waals surface area contributed by atoms with Crippen molar-refractivity contribution in [2.45, 2.75) is 49.9 Å². The first-order valence-corrected chi connectivity index (χ1v) is 12.5. The second-order valence-corrected chi connectivity index (χ2v) is 10.8. The molecule has 11 nitrogen and oxygen atoms in total. The molecule has 1 aromatic carbocycles. The lowest BCUT2D eigenvalue weighted by Gasteiger charge is -2.54. The van der Waals surface area contributed by atoms with E-state index in [2.05, 4.69) is 0 Å². The number of carbonyl (C=O) groups excluding carboxylic acids is 4. The Morgan fingerprint density at radius 3 is 2.34 bits per heavy atom. The smallest absolute Gasteiger partial charge is 0.309 e. The van der Waals surface area contributed by atoms with Crippen molar-refractivity contribution in [3.63, 3.8) is 0 Å². The summed E-state index contributed by atoms with van der Waals surface area (Å²) in [5, 5.41) is 45.1. The van der Waals surface area contributed by atoms with Gasteiger partial charge in [-0.2, -0.15) is 0 Å². The van der Waals surface area contributed by atoms with Crippen LogP contribution in [0.25, 0.3) is 0 Å². The quantitative estimate of drug-likeness (QED) is 0.280. The van der Waals surface area contributed by atoms with Gasteiger partial charge in [0.25, 0.3) is 5.91 Å². The van der Waals surface area contributed by atoms with Gasteiger partial charge in [-0.3, -0.25) is 24.1 Å². The maximum absolute atomic E-state index is 13.8. The van der Waals surface area contributed by atoms with Crippen molar-refractivity contribution < 1.29 is 44.3 Å². The van der Waals surface area contributed by atoms with E-state index in [1.807, 2.05) is 0 Å². The van der Waals surface area contributed by atoms with E-state index >= 15 is 0 Å². The predicted molar refractivity (Wildman–Crippen MR) is 131 cm³/mol. The number of nitrogens with two attached hydrogens (primary N) is 1. The van der Waals surface area contributed by atoms with Gasteiger partial charge in [-0.05, 0) is 44.5 Å². The molecule has 0 bridgehead atoms. The Morgan fingerprint density at radius 1 is 1.13 bits per heavy atom. The lowest BCUT2D eigenvalue weighted by Crippen LogP contribution is -2.69. The number of phenolic OH excluding ortho intramolecular Hbond substituents is 1. The van der Waals surface area contributed by atoms with E-state index in [-0.39, 0.29) is 11.3 Å². The molecule has 11 heteroatoms. The van der Waals surface area contributed by atoms with Crippen molar-refractivity contribution >= 4 is 23.4 Å². The zero-order chi connectivity index (χ0) is 27.8. The van der Waals surface area contributed by atoms with Crippen LogP contribution in [0.3, 0.4) is 0 Å². The number of rotatable bonds is 4. The van der Waals surface area contributed by atoms with Gasteiger partial charge in [0, 0.05) is 11.5 Å². The molecule has 0 radical (unpaired) electrons. The average Bonchev–Trinajstić information content (AvgIpc) is 2.79. The first-order valence-electron chi connectivity index (χ1n) is 12.5. The fourth-order valence-corrected chi connectivity index (χ4v) is 6.57. The molecule has 0 heterocycles. The van der Waals surface area contributed by atoms with Gasteiger partial charge in [-0.1, -0.05) is 25.5 Å². The molecule has 5 rings (SSSR count). The number of ether oxygens (including phenoxy) is 1. The number of amides is 1. The SMILES string of the molecule is C[C@@H]1c2cccc(O)c2C(=O)C2=C(O)[C@]3(O)C(=O)C(C(N)=O)=C(O)[C@@H](N(C)C)[C@@H]3[C@@H](OC(=O)C3CCC3)[C@@H]21. The number of benzene rings is 1. The molecule has 6 atom stereocenters. The number of fused-ring (bicyclic) bond motifs is 3. The molecule has 1 amide bonds. The van der Waals surface area contributed by atoms with Crippen LogP contribution in [0.5, 0.6) is 5.75 Å². The number of phenols is 1. The Labute approximate surface area is 218 Å². The number of Topliss-reactive ketones (excluding diaryl/α,β-unsaturated/α-hetero) is 2. The molecule has 0 aliphatic heterocycles. The van der Waals surface area contributed by atoms with Crippen molar-refractivity contribution in [2.75, 3.05) is 14.1 Å². The zero-order valence-corrected chi connectivity index (χ0v) is 21.2. The first kappa shape index (κ1) is 25.9. The van der Waals surface area contributed by atoms with Crippen LogP contribution in [0, 0.1) is 17.8 Å². The Balaban J connectivity index is 1.81. The summed E-state index contributed by atoms with van der Waals surface area (Å²) >= 11 is 0. The number of hydrogen-bond donors (Lipinski definition) is 5. The lowest BCUT2D eigenvalue weighted by atomic mass is 9.55. The van der Waals surface area contributed by atoms with E-state index in [9.17, 15) is 39.6 Å². The molecule has 38 heavy (non-hydrogen) atoms. The van der Waals surface area contributed by atoms with Crippen molar-refractivity contribution in [3.8, 4) is 5.75 Å². The van der Waals surface area contributed by atoms with Crippen molar-refractivity contribution in [3.05, 3.63) is 52.0 Å². The van der Waals surface area contributed by atoms with Crippen LogP contribution >= 0.6 is 0 Å². The van der Waals surface area contributed by atoms with Crippen LogP contribution in [-0.2, 0) is 19.1 Å². The third-order valence-corrected chi connectivity index (χ3v) is 8.66. The Kier molecular flexibility index (Phi) is 5.92. The minimum Gasteiger partial charge on any atom is -0.510 e. The van der Waals surface area contributed by atoms with E-state index in [1.165, 1.54) is 25.1 Å². The molecular formula is C27H30N2O9. The van der Waals surface area contributed by atoms with Crippen molar-refractivity contribution in [2.24, 2.45) is 23.5 Å². The summed E-state index contributed by atoms with van der Waals surface area (Å²) in [5.74, 6) is -9.83. The highest BCUT2D eigenvalue weighted by Crippen LogP contribution is 2.56. The average molecular weight is 527 g/mol. The normalized spacial score (nSPS) is 32.9. The van der Waals surface area contributed by atoms with Crippen molar-refractivity contribution in [1.82, 2.24) is 4.90 Å². The third-order valence-electron chi connectivity index (χ3n) is 8.66. The summed E-state index contributed by atoms with van der Waals surface area (Å²) in [4.78, 5) is 54.2. The number of aliphatic hydroxyl groups excluding tert-OH is 2. The summed E-state index contributed by atoms with van der Waals surface area (Å²) in [5.41, 5.74) is 1.48. The largest absolute Gasteiger partial charge is 0.510 e. The van der Waals surface area contributed by atoms with E-state index in [4.69, 9.17) is 10.5 Å². The van der Waals surface area contributed by atoms with Gasteiger partial charge in [-0.15, -0.1) is 0 Å². The third kappa shape index (κ3) is 3.27. The van der Waals surface area contributed by atoms with Gasteiger partial charge >= 0.3 is 5.97 Å². The van der Waals surface area contributed by atoms with Crippen molar-refractivity contribution in [1.29, 1.82) is 0 Å². The van der Waals surface area contributed by atoms with Crippen LogP contribution < -0.4 is 5.73 Å². The maximum Gasteiger partial charge on any atom is 0.309 e. The number of hydrogen-bond acceptors (Lipinski definition) is 10. The second-order valence-electron chi connectivity index (χ2n) is 10.8. The van der Waals surface area contributed by atoms with Gasteiger partial charge in [0.15, 0.2) is 11.4 Å². The molecule has 0 spiro atoms. The molecule has 4 aliphatic carbocycles. The molecule has 1 saturated carbocycles. The molecule has 1 fully saturated rings. The highest BCUT2D eigenvalue weighted by Gasteiger charge is 2.68. The summed E-state index contributed by atoms with van der Waals surface area (Å²) in [7, 11) is 3.03. The highest BCUT2D eigenvalue weighted by molar-refractivity contribution is 6.25. The second kappa shape index (κ2) is 8.67. The van der Waals surface area contributed by atoms with Gasteiger partial charge in [-0.25, -0.2) is 0 Å². The van der Waals surface area contributed by atoms with Crippen LogP contribution in [0.1, 0.15) is 48.0 Å². The number of aliphatic hydroxyl groups is 3. The Bertz CT molecular complexity index is 1340. The van der Waals surface area contributed by atoms with Crippen LogP contribution in [0.4, 0.5) is 0 Å². The van der Waals surface area contributed by atoms with E-state index in [1.54, 1.807) is 19.1 Å². The molecule has 4 aliphatic rings. The first-order chi connectivity index (χ1) is 17.8. The minimum absolute atomic E-state index is 0.107. The summed E-state index contributed by atoms with van der Waals surface area (Å²) < 4.78 is 6.00. The topological polar surface area (TPSA) is 188 Å². The molecular weight excluding hydrogens is 496 g/mol. The number of nitrogens with zero attached hydrogens (tertiary/aromatic N) is 1. The molecule has 202 valence electrons. The van der Waals surface area contributed by atoms with Gasteiger partial charge in [0.05, 0.1) is 23.4 Å². The number of primary amides is 1. The Morgan fingerprint density at radius 2 is 1.79 bits per heavy atom. The van der Waals surface area contributed by atoms with E-state index in [0.29, 0.717) is 18.4 Å². The number of aromatic hydroxyl groups is 1. The van der Waals surface area contributed by atoms with Crippen LogP contribution in [-0.4, -0.2) is 80.6 Å². The monoisotopic (exact) mass is 526 g/mol. The number of likely N-dealkylation sites (N-methyl/N-ethyl adjacent to an activating group) is 1. The fourth-order valence-electron chi connectivity index (χ4n) is 6.57.